The predicted molar refractivity (Wildman–Crippen MR) is 258 cm³/mol. The molecule has 1 spiro atoms. The van der Waals surface area contributed by atoms with E-state index in [2.05, 4.69) is 217 Å². The Morgan fingerprint density at radius 1 is 0.452 bits per heavy atom. The molecule has 0 radical (unpaired) electrons. The third-order valence-corrected chi connectivity index (χ3v) is 12.6. The van der Waals surface area contributed by atoms with Crippen LogP contribution in [-0.2, 0) is 5.41 Å². The van der Waals surface area contributed by atoms with Gasteiger partial charge in [0.25, 0.3) is 0 Å². The highest BCUT2D eigenvalue weighted by Crippen LogP contribution is 2.63. The molecular formula is C59H43N3. The summed E-state index contributed by atoms with van der Waals surface area (Å²) in [6.45, 7) is 0. The lowest BCUT2D eigenvalue weighted by molar-refractivity contribution is 0.753. The number of fused-ring (bicyclic) bond motifs is 9. The SMILES string of the molecule is N/C(=C\C(/N=C/c1ccccc1)c1ccc(-c2ccccc2)cc1)c1cccc(-c2ccc3c(c2)C2(c4ccccc4-3)c3ccccc3N(c3ccccc3)c3ccccc32)c1. The second kappa shape index (κ2) is 15.5. The molecule has 0 fully saturated rings. The summed E-state index contributed by atoms with van der Waals surface area (Å²) in [4.78, 5) is 7.52. The number of para-hydroxylation sites is 3. The van der Waals surface area contributed by atoms with Crippen LogP contribution in [-0.4, -0.2) is 6.21 Å². The molecule has 2 N–H and O–H groups in total. The molecular weight excluding hydrogens is 751 g/mol. The largest absolute Gasteiger partial charge is 0.398 e. The smallest absolute Gasteiger partial charge is 0.0953 e. The molecule has 1 aliphatic heterocycles. The maximum atomic E-state index is 7.08. The summed E-state index contributed by atoms with van der Waals surface area (Å²) in [7, 11) is 0. The van der Waals surface area contributed by atoms with E-state index in [1.807, 2.05) is 30.5 Å². The Morgan fingerprint density at radius 2 is 0.984 bits per heavy atom. The molecule has 0 aromatic heterocycles. The molecule has 0 saturated carbocycles. The average Bonchev–Trinajstić information content (AvgIpc) is 3.64. The van der Waals surface area contributed by atoms with Gasteiger partial charge in [-0.05, 0) is 115 Å². The molecule has 9 aromatic rings. The number of hydrogen-bond acceptors (Lipinski definition) is 3. The molecule has 294 valence electrons. The Kier molecular flexibility index (Phi) is 9.28. The molecule has 3 heteroatoms. The van der Waals surface area contributed by atoms with Gasteiger partial charge in [0, 0.05) is 17.6 Å². The van der Waals surface area contributed by atoms with Crippen molar-refractivity contribution >= 4 is 29.0 Å². The van der Waals surface area contributed by atoms with E-state index in [9.17, 15) is 0 Å². The van der Waals surface area contributed by atoms with E-state index in [1.54, 1.807) is 0 Å². The van der Waals surface area contributed by atoms with E-state index in [-0.39, 0.29) is 6.04 Å². The topological polar surface area (TPSA) is 41.6 Å². The van der Waals surface area contributed by atoms with Crippen molar-refractivity contribution in [1.29, 1.82) is 0 Å². The van der Waals surface area contributed by atoms with Gasteiger partial charge in [0.2, 0.25) is 0 Å². The first-order valence-corrected chi connectivity index (χ1v) is 21.3. The monoisotopic (exact) mass is 793 g/mol. The number of aliphatic imine (C=N–C) groups is 1. The van der Waals surface area contributed by atoms with Crippen LogP contribution in [0.25, 0.3) is 39.1 Å². The van der Waals surface area contributed by atoms with E-state index in [1.165, 1.54) is 50.3 Å². The molecule has 1 aliphatic carbocycles. The lowest BCUT2D eigenvalue weighted by atomic mass is 9.64. The molecule has 2 aliphatic rings. The van der Waals surface area contributed by atoms with Gasteiger partial charge in [-0.2, -0.15) is 0 Å². The second-order valence-corrected chi connectivity index (χ2v) is 16.1. The Balaban J connectivity index is 1.02. The fraction of sp³-hybridized carbons (Fsp3) is 0.0339. The summed E-state index contributed by atoms with van der Waals surface area (Å²) in [5.74, 6) is 0. The maximum absolute atomic E-state index is 7.08. The first-order valence-electron chi connectivity index (χ1n) is 21.3. The minimum atomic E-state index is -0.531. The quantitative estimate of drug-likeness (QED) is 0.156. The van der Waals surface area contributed by atoms with Crippen LogP contribution in [0.1, 0.15) is 45.0 Å². The lowest BCUT2D eigenvalue weighted by Gasteiger charge is -2.45. The van der Waals surface area contributed by atoms with Crippen LogP contribution in [0.2, 0.25) is 0 Å². The first kappa shape index (κ1) is 37.0. The zero-order valence-electron chi connectivity index (χ0n) is 34.1. The number of hydrogen-bond donors (Lipinski definition) is 1. The van der Waals surface area contributed by atoms with Crippen molar-refractivity contribution in [1.82, 2.24) is 0 Å². The average molecular weight is 794 g/mol. The first-order chi connectivity index (χ1) is 30.7. The van der Waals surface area contributed by atoms with Gasteiger partial charge in [-0.15, -0.1) is 0 Å². The molecule has 1 heterocycles. The Labute approximate surface area is 363 Å². The number of rotatable bonds is 8. The van der Waals surface area contributed by atoms with Crippen LogP contribution in [0.5, 0.6) is 0 Å². The summed E-state index contributed by atoms with van der Waals surface area (Å²) < 4.78 is 0. The minimum absolute atomic E-state index is 0.288. The normalized spacial score (nSPS) is 13.9. The highest BCUT2D eigenvalue weighted by atomic mass is 15.2. The van der Waals surface area contributed by atoms with E-state index in [4.69, 9.17) is 10.7 Å². The molecule has 0 amide bonds. The van der Waals surface area contributed by atoms with Gasteiger partial charge < -0.3 is 10.6 Å². The van der Waals surface area contributed by atoms with Crippen LogP contribution < -0.4 is 10.6 Å². The zero-order chi connectivity index (χ0) is 41.5. The highest BCUT2D eigenvalue weighted by Gasteiger charge is 2.51. The van der Waals surface area contributed by atoms with Crippen molar-refractivity contribution < 1.29 is 0 Å². The Hall–Kier alpha value is -8.01. The lowest BCUT2D eigenvalue weighted by Crippen LogP contribution is -2.36. The standard InChI is InChI=1S/C59H43N3/c60-55(39-56(61-40-41-17-4-1-5-18-41)44-33-31-43(32-34-44)42-19-6-2-7-20-42)47-22-16-21-45(37-47)46-35-36-50-49-25-10-11-26-51(49)59(54(50)38-46)52-27-12-14-29-57(52)62(48-23-8-3-9-24-48)58-30-15-13-28-53(58)59/h1-40,56H,60H2/b55-39-,61-40+. The van der Waals surface area contributed by atoms with E-state index < -0.39 is 5.41 Å². The number of nitrogens with two attached hydrogens (primary N) is 1. The van der Waals surface area contributed by atoms with Crippen LogP contribution in [0.3, 0.4) is 0 Å². The number of benzene rings is 9. The minimum Gasteiger partial charge on any atom is -0.398 e. The molecule has 1 atom stereocenters. The molecule has 0 saturated heterocycles. The predicted octanol–water partition coefficient (Wildman–Crippen LogP) is 14.3. The third kappa shape index (κ3) is 6.26. The zero-order valence-corrected chi connectivity index (χ0v) is 34.1. The molecule has 11 rings (SSSR count). The summed E-state index contributed by atoms with van der Waals surface area (Å²) in [6, 6.07) is 82.3. The van der Waals surface area contributed by atoms with Crippen molar-refractivity contribution in [2.75, 3.05) is 4.90 Å². The summed E-state index contributed by atoms with van der Waals surface area (Å²) in [5, 5.41) is 0. The second-order valence-electron chi connectivity index (χ2n) is 16.1. The van der Waals surface area contributed by atoms with Crippen molar-refractivity contribution in [3.05, 3.63) is 276 Å². The summed E-state index contributed by atoms with van der Waals surface area (Å²) >= 11 is 0. The van der Waals surface area contributed by atoms with Crippen LogP contribution in [0.15, 0.2) is 242 Å². The molecule has 3 nitrogen and oxygen atoms in total. The third-order valence-electron chi connectivity index (χ3n) is 12.6. The van der Waals surface area contributed by atoms with E-state index >= 15 is 0 Å². The Bertz CT molecular complexity index is 3080. The molecule has 0 bridgehead atoms. The fourth-order valence-corrected chi connectivity index (χ4v) is 9.72. The van der Waals surface area contributed by atoms with Crippen molar-refractivity contribution in [2.24, 2.45) is 10.7 Å². The van der Waals surface area contributed by atoms with E-state index in [0.29, 0.717) is 5.70 Å². The highest BCUT2D eigenvalue weighted by molar-refractivity contribution is 5.96. The van der Waals surface area contributed by atoms with Gasteiger partial charge in [-0.3, -0.25) is 4.99 Å². The Morgan fingerprint density at radius 3 is 1.69 bits per heavy atom. The van der Waals surface area contributed by atoms with Crippen LogP contribution in [0.4, 0.5) is 17.1 Å². The van der Waals surface area contributed by atoms with Crippen LogP contribution >= 0.6 is 0 Å². The van der Waals surface area contributed by atoms with Gasteiger partial charge in [-0.1, -0.05) is 194 Å². The maximum Gasteiger partial charge on any atom is 0.0953 e. The van der Waals surface area contributed by atoms with Gasteiger partial charge in [0.1, 0.15) is 0 Å². The van der Waals surface area contributed by atoms with Crippen molar-refractivity contribution in [3.63, 3.8) is 0 Å². The fourth-order valence-electron chi connectivity index (χ4n) is 9.72. The van der Waals surface area contributed by atoms with E-state index in [0.717, 1.165) is 39.1 Å². The van der Waals surface area contributed by atoms with Gasteiger partial charge in [-0.25, -0.2) is 0 Å². The van der Waals surface area contributed by atoms with Crippen LogP contribution in [0, 0.1) is 0 Å². The molecule has 9 aromatic carbocycles. The van der Waals surface area contributed by atoms with Gasteiger partial charge >= 0.3 is 0 Å². The summed E-state index contributed by atoms with van der Waals surface area (Å²) in [6.07, 6.45) is 4.02. The summed E-state index contributed by atoms with van der Waals surface area (Å²) in [5.41, 5.74) is 26.0. The van der Waals surface area contributed by atoms with Crippen molar-refractivity contribution in [2.45, 2.75) is 11.5 Å². The van der Waals surface area contributed by atoms with Crippen molar-refractivity contribution in [3.8, 4) is 33.4 Å². The number of anilines is 3. The number of nitrogens with zero attached hydrogens (tertiary/aromatic N) is 2. The molecule has 62 heavy (non-hydrogen) atoms. The van der Waals surface area contributed by atoms with Gasteiger partial charge in [0.15, 0.2) is 0 Å². The molecule has 1 unspecified atom stereocenters. The van der Waals surface area contributed by atoms with Gasteiger partial charge in [0.05, 0.1) is 22.8 Å².